The number of hydrogen-bond donors (Lipinski definition) is 1. The van der Waals surface area contributed by atoms with Crippen molar-refractivity contribution in [1.29, 1.82) is 0 Å². The number of ether oxygens (including phenoxy) is 2. The number of benzene rings is 1. The van der Waals surface area contributed by atoms with Crippen molar-refractivity contribution in [2.45, 2.75) is 26.3 Å². The van der Waals surface area contributed by atoms with Crippen molar-refractivity contribution >= 4 is 6.03 Å². The average Bonchev–Trinajstić information content (AvgIpc) is 3.01. The molecule has 1 fully saturated rings. The van der Waals surface area contributed by atoms with Crippen LogP contribution < -0.4 is 10.1 Å². The number of amides is 2. The summed E-state index contributed by atoms with van der Waals surface area (Å²) in [6, 6.07) is 4.34. The predicted molar refractivity (Wildman–Crippen MR) is 86.1 cm³/mol. The van der Waals surface area contributed by atoms with Crippen molar-refractivity contribution in [2.24, 2.45) is 5.92 Å². The molecule has 1 N–H and O–H groups in total. The molecule has 2 atom stereocenters. The Morgan fingerprint density at radius 3 is 2.96 bits per heavy atom. The summed E-state index contributed by atoms with van der Waals surface area (Å²) in [6.07, 6.45) is 0.957. The first-order valence-electron chi connectivity index (χ1n) is 8.01. The predicted octanol–water partition coefficient (Wildman–Crippen LogP) is 2.96. The van der Waals surface area contributed by atoms with Gasteiger partial charge >= 0.3 is 6.03 Å². The standard InChI is InChI=1S/C17H25FN2O3/c1-4-23-11-13-7-8-20(10-13)17(21)19-12(2)14-5-6-16(22-3)15(18)9-14/h5-6,9,12-13H,4,7-8,10-11H2,1-3H3,(H,19,21)/t12-,13-/m1/s1. The topological polar surface area (TPSA) is 50.8 Å². The SMILES string of the molecule is CCOC[C@@H]1CCN(C(=O)N[C@H](C)c2ccc(OC)c(F)c2)C1. The molecule has 2 amide bonds. The second-order valence-electron chi connectivity index (χ2n) is 5.83. The van der Waals surface area contributed by atoms with Gasteiger partial charge in [0.05, 0.1) is 19.8 Å². The molecular weight excluding hydrogens is 299 g/mol. The Morgan fingerprint density at radius 2 is 2.30 bits per heavy atom. The molecule has 1 aliphatic rings. The second kappa shape index (κ2) is 8.15. The Kier molecular flexibility index (Phi) is 6.21. The van der Waals surface area contributed by atoms with Crippen LogP contribution in [0.5, 0.6) is 5.75 Å². The van der Waals surface area contributed by atoms with Crippen LogP contribution >= 0.6 is 0 Å². The number of rotatable bonds is 6. The number of halogens is 1. The van der Waals surface area contributed by atoms with Gasteiger partial charge < -0.3 is 19.7 Å². The van der Waals surface area contributed by atoms with Crippen molar-refractivity contribution in [2.75, 3.05) is 33.4 Å². The normalized spacial score (nSPS) is 18.8. The summed E-state index contributed by atoms with van der Waals surface area (Å²) in [5.74, 6) is 0.170. The third-order valence-corrected chi connectivity index (χ3v) is 4.15. The Hall–Kier alpha value is -1.82. The summed E-state index contributed by atoms with van der Waals surface area (Å²) >= 11 is 0. The van der Waals surface area contributed by atoms with Crippen LogP contribution in [0.1, 0.15) is 31.9 Å². The van der Waals surface area contributed by atoms with E-state index in [-0.39, 0.29) is 17.8 Å². The molecule has 1 aromatic rings. The summed E-state index contributed by atoms with van der Waals surface area (Å²) in [6.45, 7) is 6.63. The van der Waals surface area contributed by atoms with Crippen LogP contribution in [0, 0.1) is 11.7 Å². The molecule has 0 saturated carbocycles. The van der Waals surface area contributed by atoms with Crippen molar-refractivity contribution in [3.63, 3.8) is 0 Å². The first-order valence-corrected chi connectivity index (χ1v) is 8.01. The Labute approximate surface area is 136 Å². The molecule has 0 bridgehead atoms. The van der Waals surface area contributed by atoms with Crippen LogP contribution in [0.25, 0.3) is 0 Å². The van der Waals surface area contributed by atoms with Gasteiger partial charge in [-0.3, -0.25) is 0 Å². The molecule has 0 radical (unpaired) electrons. The number of carbonyl (C=O) groups is 1. The van der Waals surface area contributed by atoms with E-state index in [4.69, 9.17) is 9.47 Å². The van der Waals surface area contributed by atoms with Gasteiger partial charge in [0.25, 0.3) is 0 Å². The van der Waals surface area contributed by atoms with E-state index in [0.717, 1.165) is 13.0 Å². The van der Waals surface area contributed by atoms with Crippen LogP contribution in [0.4, 0.5) is 9.18 Å². The fourth-order valence-electron chi connectivity index (χ4n) is 2.75. The molecule has 1 aromatic carbocycles. The molecular formula is C17H25FN2O3. The van der Waals surface area contributed by atoms with Crippen molar-refractivity contribution in [1.82, 2.24) is 10.2 Å². The van der Waals surface area contributed by atoms with E-state index in [1.807, 2.05) is 13.8 Å². The van der Waals surface area contributed by atoms with Crippen LogP contribution in [-0.2, 0) is 4.74 Å². The van der Waals surface area contributed by atoms with Crippen molar-refractivity contribution < 1.29 is 18.7 Å². The van der Waals surface area contributed by atoms with Gasteiger partial charge in [0.15, 0.2) is 11.6 Å². The van der Waals surface area contributed by atoms with E-state index in [2.05, 4.69) is 5.32 Å². The van der Waals surface area contributed by atoms with E-state index < -0.39 is 5.82 Å². The number of hydrogen-bond acceptors (Lipinski definition) is 3. The molecule has 1 aliphatic heterocycles. The number of nitrogens with one attached hydrogen (secondary N) is 1. The van der Waals surface area contributed by atoms with E-state index in [9.17, 15) is 9.18 Å². The van der Waals surface area contributed by atoms with Crippen LogP contribution in [0.2, 0.25) is 0 Å². The largest absolute Gasteiger partial charge is 0.494 e. The maximum atomic E-state index is 13.8. The zero-order chi connectivity index (χ0) is 16.8. The maximum absolute atomic E-state index is 13.8. The fourth-order valence-corrected chi connectivity index (χ4v) is 2.75. The number of carbonyl (C=O) groups excluding carboxylic acids is 1. The average molecular weight is 324 g/mol. The Bertz CT molecular complexity index is 539. The number of urea groups is 1. The third kappa shape index (κ3) is 4.58. The molecule has 0 aliphatic carbocycles. The van der Waals surface area contributed by atoms with E-state index in [1.165, 1.54) is 13.2 Å². The molecule has 0 spiro atoms. The molecule has 5 nitrogen and oxygen atoms in total. The van der Waals surface area contributed by atoms with Gasteiger partial charge in [-0.25, -0.2) is 9.18 Å². The zero-order valence-electron chi connectivity index (χ0n) is 14.0. The lowest BCUT2D eigenvalue weighted by molar-refractivity contribution is 0.113. The molecule has 2 rings (SSSR count). The van der Waals surface area contributed by atoms with E-state index in [1.54, 1.807) is 17.0 Å². The van der Waals surface area contributed by atoms with Gasteiger partial charge in [-0.1, -0.05) is 6.07 Å². The van der Waals surface area contributed by atoms with Crippen LogP contribution in [0.3, 0.4) is 0 Å². The summed E-state index contributed by atoms with van der Waals surface area (Å²) < 4.78 is 24.1. The Morgan fingerprint density at radius 1 is 1.52 bits per heavy atom. The summed E-state index contributed by atoms with van der Waals surface area (Å²) in [4.78, 5) is 14.1. The lowest BCUT2D eigenvalue weighted by Gasteiger charge is -2.21. The summed E-state index contributed by atoms with van der Waals surface area (Å²) in [5, 5.41) is 2.92. The molecule has 1 heterocycles. The molecule has 0 unspecified atom stereocenters. The van der Waals surface area contributed by atoms with Crippen LogP contribution in [0.15, 0.2) is 18.2 Å². The Balaban J connectivity index is 1.89. The van der Waals surface area contributed by atoms with Crippen molar-refractivity contribution in [3.05, 3.63) is 29.6 Å². The fraction of sp³-hybridized carbons (Fsp3) is 0.588. The maximum Gasteiger partial charge on any atom is 0.317 e. The third-order valence-electron chi connectivity index (χ3n) is 4.15. The van der Waals surface area contributed by atoms with E-state index in [0.29, 0.717) is 31.2 Å². The minimum Gasteiger partial charge on any atom is -0.494 e. The van der Waals surface area contributed by atoms with E-state index >= 15 is 0 Å². The monoisotopic (exact) mass is 324 g/mol. The zero-order valence-corrected chi connectivity index (χ0v) is 14.0. The van der Waals surface area contributed by atoms with Gasteiger partial charge in [0.1, 0.15) is 0 Å². The highest BCUT2D eigenvalue weighted by molar-refractivity contribution is 5.75. The minimum atomic E-state index is -0.427. The summed E-state index contributed by atoms with van der Waals surface area (Å²) in [7, 11) is 1.43. The molecule has 23 heavy (non-hydrogen) atoms. The van der Waals surface area contributed by atoms with Gasteiger partial charge in [0, 0.05) is 25.6 Å². The first-order chi connectivity index (χ1) is 11.0. The number of methoxy groups -OCH3 is 1. The smallest absolute Gasteiger partial charge is 0.317 e. The molecule has 6 heteroatoms. The highest BCUT2D eigenvalue weighted by Crippen LogP contribution is 2.22. The lowest BCUT2D eigenvalue weighted by atomic mass is 10.1. The number of nitrogens with zero attached hydrogens (tertiary/aromatic N) is 1. The van der Waals surface area contributed by atoms with Gasteiger partial charge in [0.2, 0.25) is 0 Å². The molecule has 128 valence electrons. The van der Waals surface area contributed by atoms with Crippen LogP contribution in [-0.4, -0.2) is 44.3 Å². The second-order valence-corrected chi connectivity index (χ2v) is 5.83. The lowest BCUT2D eigenvalue weighted by Crippen LogP contribution is -2.39. The summed E-state index contributed by atoms with van der Waals surface area (Å²) in [5.41, 5.74) is 0.710. The first kappa shape index (κ1) is 17.5. The van der Waals surface area contributed by atoms with Gasteiger partial charge in [-0.05, 0) is 38.0 Å². The highest BCUT2D eigenvalue weighted by atomic mass is 19.1. The quantitative estimate of drug-likeness (QED) is 0.875. The molecule has 0 aromatic heterocycles. The highest BCUT2D eigenvalue weighted by Gasteiger charge is 2.27. The van der Waals surface area contributed by atoms with Gasteiger partial charge in [-0.2, -0.15) is 0 Å². The van der Waals surface area contributed by atoms with Gasteiger partial charge in [-0.15, -0.1) is 0 Å². The minimum absolute atomic E-state index is 0.118. The number of likely N-dealkylation sites (tertiary alicyclic amines) is 1. The molecule has 1 saturated heterocycles. The van der Waals surface area contributed by atoms with Crippen molar-refractivity contribution in [3.8, 4) is 5.75 Å².